The third-order valence-corrected chi connectivity index (χ3v) is 7.75. The number of hydrogen-bond donors (Lipinski definition) is 3. The van der Waals surface area contributed by atoms with Crippen LogP contribution in [0.4, 0.5) is 15.0 Å². The monoisotopic (exact) mass is 602 g/mol. The van der Waals surface area contributed by atoms with Gasteiger partial charge in [-0.2, -0.15) is 0 Å². The molecule has 13 heteroatoms. The van der Waals surface area contributed by atoms with Crippen LogP contribution in [0.25, 0.3) is 17.2 Å². The largest absolute Gasteiger partial charge is 0.478 e. The quantitative estimate of drug-likeness (QED) is 0.240. The number of halogens is 1. The number of rotatable bonds is 10. The molecule has 44 heavy (non-hydrogen) atoms. The summed E-state index contributed by atoms with van der Waals surface area (Å²) >= 11 is 0. The maximum atomic E-state index is 14.5. The zero-order valence-corrected chi connectivity index (χ0v) is 23.8. The van der Waals surface area contributed by atoms with Crippen molar-refractivity contribution in [1.29, 1.82) is 0 Å². The molecule has 1 saturated heterocycles. The summed E-state index contributed by atoms with van der Waals surface area (Å²) in [6, 6.07) is 13.0. The fraction of sp³-hybridized carbons (Fsp3) is 0.323. The molecule has 2 aromatic heterocycles. The average Bonchev–Trinajstić information content (AvgIpc) is 3.72. The number of fused-ring (bicyclic) bond motifs is 2. The number of amides is 2. The molecule has 1 aliphatic heterocycles. The van der Waals surface area contributed by atoms with Gasteiger partial charge in [0.15, 0.2) is 23.3 Å². The number of benzene rings is 2. The van der Waals surface area contributed by atoms with Crippen LogP contribution in [0.2, 0.25) is 0 Å². The van der Waals surface area contributed by atoms with Crippen molar-refractivity contribution in [3.05, 3.63) is 89.8 Å². The minimum Gasteiger partial charge on any atom is -0.478 e. The highest BCUT2D eigenvalue weighted by Crippen LogP contribution is 2.45. The third kappa shape index (κ3) is 6.02. The molecule has 1 aliphatic carbocycles. The first-order valence-electron chi connectivity index (χ1n) is 14.3. The second-order valence-electron chi connectivity index (χ2n) is 10.5. The topological polar surface area (TPSA) is 150 Å². The number of carbonyl (C=O) groups is 2. The van der Waals surface area contributed by atoms with Crippen molar-refractivity contribution in [2.75, 3.05) is 18.5 Å². The van der Waals surface area contributed by atoms with Crippen molar-refractivity contribution >= 4 is 35.1 Å². The van der Waals surface area contributed by atoms with Crippen LogP contribution in [0.1, 0.15) is 40.9 Å². The highest BCUT2D eigenvalue weighted by molar-refractivity contribution is 5.95. The van der Waals surface area contributed by atoms with Crippen LogP contribution < -0.4 is 10.6 Å². The highest BCUT2D eigenvalue weighted by Gasteiger charge is 2.52. The van der Waals surface area contributed by atoms with Gasteiger partial charge in [0.05, 0.1) is 37.3 Å². The molecule has 0 bridgehead atoms. The lowest BCUT2D eigenvalue weighted by Gasteiger charge is -2.19. The maximum Gasteiger partial charge on any atom is 0.336 e. The number of carbonyl (C=O) groups excluding carboxylic acids is 1. The number of hydrogen-bond acceptors (Lipinski definition) is 8. The Balaban J connectivity index is 1.25. The molecule has 5 atom stereocenters. The Bertz CT molecular complexity index is 1680. The first kappa shape index (κ1) is 29.4. The fourth-order valence-corrected chi connectivity index (χ4v) is 5.76. The van der Waals surface area contributed by atoms with Gasteiger partial charge in [0.2, 0.25) is 0 Å². The van der Waals surface area contributed by atoms with Gasteiger partial charge < -0.3 is 29.2 Å². The Morgan fingerprint density at radius 3 is 2.73 bits per heavy atom. The molecule has 0 spiro atoms. The van der Waals surface area contributed by atoms with E-state index in [4.69, 9.17) is 14.2 Å². The van der Waals surface area contributed by atoms with Crippen molar-refractivity contribution in [3.8, 4) is 0 Å². The average molecular weight is 603 g/mol. The van der Waals surface area contributed by atoms with E-state index in [0.29, 0.717) is 24.1 Å². The predicted octanol–water partition coefficient (Wildman–Crippen LogP) is 4.41. The number of nitrogens with one attached hydrogen (secondary N) is 2. The van der Waals surface area contributed by atoms with Gasteiger partial charge in [-0.3, -0.25) is 5.32 Å². The first-order valence-corrected chi connectivity index (χ1v) is 14.3. The summed E-state index contributed by atoms with van der Waals surface area (Å²) in [5.74, 6) is -1.76. The molecule has 6 rings (SSSR count). The summed E-state index contributed by atoms with van der Waals surface area (Å²) in [5, 5.41) is 14.9. The smallest absolute Gasteiger partial charge is 0.336 e. The van der Waals surface area contributed by atoms with E-state index < -0.39 is 30.2 Å². The fourth-order valence-electron chi connectivity index (χ4n) is 5.76. The van der Waals surface area contributed by atoms with Gasteiger partial charge in [0.25, 0.3) is 0 Å². The third-order valence-electron chi connectivity index (χ3n) is 7.75. The summed E-state index contributed by atoms with van der Waals surface area (Å²) in [5.41, 5.74) is 1.79. The summed E-state index contributed by atoms with van der Waals surface area (Å²) in [4.78, 5) is 36.9. The number of imidazole rings is 1. The SMILES string of the molecule is CCNC(=O)Nc1ncnc2c1ncn2C1CC(COCc2c(F)cccc2C(=O)O)[C@H]2O[C@@H](C=Cc3ccccc3)OC12. The van der Waals surface area contributed by atoms with Crippen LogP contribution in [0, 0.1) is 11.7 Å². The number of nitrogens with zero attached hydrogens (tertiary/aromatic N) is 4. The van der Waals surface area contributed by atoms with E-state index in [1.165, 1.54) is 24.5 Å². The lowest BCUT2D eigenvalue weighted by atomic mass is 10.1. The summed E-state index contributed by atoms with van der Waals surface area (Å²) in [6.45, 7) is 2.24. The summed E-state index contributed by atoms with van der Waals surface area (Å²) < 4.78 is 35.1. The molecule has 3 heterocycles. The molecule has 2 fully saturated rings. The molecular formula is C31H31FN6O6. The van der Waals surface area contributed by atoms with E-state index in [1.807, 2.05) is 54.0 Å². The zero-order valence-electron chi connectivity index (χ0n) is 23.8. The van der Waals surface area contributed by atoms with Crippen molar-refractivity contribution in [1.82, 2.24) is 24.8 Å². The lowest BCUT2D eigenvalue weighted by Crippen LogP contribution is -2.29. The Labute approximate surface area is 251 Å². The number of ether oxygens (including phenoxy) is 3. The summed E-state index contributed by atoms with van der Waals surface area (Å²) in [7, 11) is 0. The Hall–Kier alpha value is -4.72. The summed E-state index contributed by atoms with van der Waals surface area (Å²) in [6.07, 6.45) is 5.94. The van der Waals surface area contributed by atoms with Crippen LogP contribution in [0.15, 0.2) is 67.3 Å². The van der Waals surface area contributed by atoms with Gasteiger partial charge >= 0.3 is 12.0 Å². The van der Waals surface area contributed by atoms with Gasteiger partial charge in [-0.15, -0.1) is 0 Å². The van der Waals surface area contributed by atoms with E-state index in [2.05, 4.69) is 25.6 Å². The van der Waals surface area contributed by atoms with Crippen LogP contribution in [-0.2, 0) is 20.8 Å². The number of anilines is 1. The molecule has 1 saturated carbocycles. The number of aromatic nitrogens is 4. The Morgan fingerprint density at radius 1 is 1.11 bits per heavy atom. The molecule has 2 amide bonds. The molecule has 12 nitrogen and oxygen atoms in total. The van der Waals surface area contributed by atoms with Crippen molar-refractivity contribution < 1.29 is 33.3 Å². The van der Waals surface area contributed by atoms with Crippen LogP contribution >= 0.6 is 0 Å². The molecule has 228 valence electrons. The second kappa shape index (κ2) is 12.9. The standard InChI is InChI=1S/C31H31FN6O6/c1-2-33-31(41)37-28-25-29(35-16-34-28)38(17-36-25)23-13-19(14-42-15-21-20(30(39)40)9-6-10-22(21)32)26-27(23)44-24(43-26)12-11-18-7-4-3-5-8-18/h3-12,16-17,19,23-24,26-27H,2,13-15H2,1H3,(H,39,40)(H2,33,34,35,37,41)/t19?,23?,24-,26-,27?/m1/s1. The molecule has 3 N–H and O–H groups in total. The molecule has 4 aromatic rings. The van der Waals surface area contributed by atoms with Crippen molar-refractivity contribution in [3.63, 3.8) is 0 Å². The lowest BCUT2D eigenvalue weighted by molar-refractivity contribution is -0.0587. The van der Waals surface area contributed by atoms with Gasteiger partial charge in [-0.05, 0) is 37.1 Å². The van der Waals surface area contributed by atoms with E-state index in [-0.39, 0.29) is 48.2 Å². The molecule has 2 aliphatic rings. The van der Waals surface area contributed by atoms with E-state index in [9.17, 15) is 19.1 Å². The second-order valence-corrected chi connectivity index (χ2v) is 10.5. The van der Waals surface area contributed by atoms with E-state index in [0.717, 1.165) is 5.56 Å². The molecule has 3 unspecified atom stereocenters. The predicted molar refractivity (Wildman–Crippen MR) is 157 cm³/mol. The minimum absolute atomic E-state index is 0.0113. The normalized spacial score (nSPS) is 22.8. The minimum atomic E-state index is -1.22. The van der Waals surface area contributed by atoms with Gasteiger partial charge in [0.1, 0.15) is 18.2 Å². The number of urea groups is 1. The Morgan fingerprint density at radius 2 is 1.93 bits per heavy atom. The maximum absolute atomic E-state index is 14.5. The van der Waals surface area contributed by atoms with Crippen LogP contribution in [0.3, 0.4) is 0 Å². The number of carboxylic acids is 1. The number of carboxylic acid groups (broad SMARTS) is 1. The van der Waals surface area contributed by atoms with E-state index >= 15 is 0 Å². The van der Waals surface area contributed by atoms with Gasteiger partial charge in [0, 0.05) is 18.0 Å². The van der Waals surface area contributed by atoms with Gasteiger partial charge in [-0.25, -0.2) is 28.9 Å². The number of aromatic carboxylic acids is 1. The van der Waals surface area contributed by atoms with Crippen molar-refractivity contribution in [2.45, 2.75) is 44.5 Å². The first-order chi connectivity index (χ1) is 21.4. The van der Waals surface area contributed by atoms with Crippen LogP contribution in [0.5, 0.6) is 0 Å². The highest BCUT2D eigenvalue weighted by atomic mass is 19.1. The van der Waals surface area contributed by atoms with Crippen LogP contribution in [-0.4, -0.2) is 68.3 Å². The zero-order chi connectivity index (χ0) is 30.6. The van der Waals surface area contributed by atoms with Gasteiger partial charge in [-0.1, -0.05) is 42.5 Å². The molecule has 0 radical (unpaired) electrons. The molecular weight excluding hydrogens is 571 g/mol. The van der Waals surface area contributed by atoms with Crippen molar-refractivity contribution in [2.24, 2.45) is 5.92 Å². The Kier molecular flexibility index (Phi) is 8.59. The molecule has 2 aromatic carbocycles. The van der Waals surface area contributed by atoms with E-state index in [1.54, 1.807) is 6.33 Å².